The molecule has 0 bridgehead atoms. The summed E-state index contributed by atoms with van der Waals surface area (Å²) in [5.41, 5.74) is 6.24. The van der Waals surface area contributed by atoms with Crippen molar-refractivity contribution in [2.75, 3.05) is 26.3 Å². The van der Waals surface area contributed by atoms with Crippen molar-refractivity contribution in [3.63, 3.8) is 0 Å². The van der Waals surface area contributed by atoms with E-state index in [9.17, 15) is 0 Å². The minimum atomic E-state index is -1.30. The van der Waals surface area contributed by atoms with Gasteiger partial charge in [0.25, 0.3) is 5.91 Å². The molecule has 0 saturated carbocycles. The average molecular weight is 605 g/mol. The summed E-state index contributed by atoms with van der Waals surface area (Å²) in [5.74, 6) is 2.04. The van der Waals surface area contributed by atoms with Crippen molar-refractivity contribution >= 4 is 34.0 Å². The summed E-state index contributed by atoms with van der Waals surface area (Å²) >= 11 is 0. The highest BCUT2D eigenvalue weighted by Gasteiger charge is 2.60. The van der Waals surface area contributed by atoms with Crippen LogP contribution in [-0.4, -0.2) is 32.9 Å². The van der Waals surface area contributed by atoms with Crippen LogP contribution in [0.1, 0.15) is 22.3 Å². The Labute approximate surface area is 268 Å². The van der Waals surface area contributed by atoms with Gasteiger partial charge in [-0.3, -0.25) is 4.79 Å². The fourth-order valence-electron chi connectivity index (χ4n) is 6.42. The zero-order valence-corrected chi connectivity index (χ0v) is 25.8. The van der Waals surface area contributed by atoms with E-state index in [0.29, 0.717) is 11.4 Å². The minimum Gasteiger partial charge on any atom is -0.497 e. The Hall–Kier alpha value is -5.88. The molecule has 7 rings (SSSR count). The lowest BCUT2D eigenvalue weighted by Crippen LogP contribution is -2.41. The van der Waals surface area contributed by atoms with Gasteiger partial charge in [-0.15, -0.1) is 0 Å². The van der Waals surface area contributed by atoms with Gasteiger partial charge in [-0.25, -0.2) is 0 Å². The summed E-state index contributed by atoms with van der Waals surface area (Å²) < 4.78 is 16.5. The number of ether oxygens (including phenoxy) is 3. The molecule has 5 aromatic rings. The van der Waals surface area contributed by atoms with Crippen LogP contribution in [-0.2, 0) is 4.79 Å². The van der Waals surface area contributed by atoms with Crippen LogP contribution in [0.3, 0.4) is 0 Å². The van der Waals surface area contributed by atoms with Crippen molar-refractivity contribution < 1.29 is 19.0 Å². The lowest BCUT2D eigenvalue weighted by molar-refractivity contribution is -0.120. The van der Waals surface area contributed by atoms with Gasteiger partial charge in [0.15, 0.2) is 0 Å². The third-order valence-electron chi connectivity index (χ3n) is 8.63. The smallest absolute Gasteiger partial charge is 0.268 e. The molecule has 0 saturated heterocycles. The summed E-state index contributed by atoms with van der Waals surface area (Å²) in [6.07, 6.45) is 2.15. The number of benzene rings is 5. The maximum Gasteiger partial charge on any atom is 0.268 e. The highest BCUT2D eigenvalue weighted by atomic mass is 16.5. The Bertz CT molecular complexity index is 1980. The summed E-state index contributed by atoms with van der Waals surface area (Å²) in [6.45, 7) is 0. The Morgan fingerprint density at radius 1 is 0.543 bits per heavy atom. The molecule has 1 amide bonds. The lowest BCUT2D eigenvalue weighted by atomic mass is 9.66. The van der Waals surface area contributed by atoms with E-state index < -0.39 is 5.41 Å². The van der Waals surface area contributed by atoms with Gasteiger partial charge < -0.3 is 14.2 Å². The second-order valence-corrected chi connectivity index (χ2v) is 11.0. The molecule has 2 aliphatic rings. The molecule has 0 unspecified atom stereocenters. The molecule has 1 spiro atoms. The van der Waals surface area contributed by atoms with Crippen molar-refractivity contribution in [2.45, 2.75) is 0 Å². The third kappa shape index (κ3) is 4.66. The zero-order valence-electron chi connectivity index (χ0n) is 25.8. The first-order valence-electron chi connectivity index (χ1n) is 15.0. The van der Waals surface area contributed by atoms with Gasteiger partial charge in [0.05, 0.1) is 32.7 Å². The van der Waals surface area contributed by atoms with Gasteiger partial charge in [0.1, 0.15) is 22.7 Å². The van der Waals surface area contributed by atoms with E-state index in [0.717, 1.165) is 56.2 Å². The van der Waals surface area contributed by atoms with E-state index >= 15 is 4.79 Å². The van der Waals surface area contributed by atoms with Crippen LogP contribution in [0.15, 0.2) is 145 Å². The third-order valence-corrected chi connectivity index (χ3v) is 8.63. The summed E-state index contributed by atoms with van der Waals surface area (Å²) in [6, 6.07) is 43.3. The number of hydrogen-bond acceptors (Lipinski definition) is 5. The van der Waals surface area contributed by atoms with Gasteiger partial charge >= 0.3 is 0 Å². The van der Waals surface area contributed by atoms with Crippen molar-refractivity contribution in [3.05, 3.63) is 162 Å². The first-order chi connectivity index (χ1) is 22.6. The summed E-state index contributed by atoms with van der Waals surface area (Å²) in [7, 11) is 4.95. The highest BCUT2D eigenvalue weighted by molar-refractivity contribution is 6.42. The lowest BCUT2D eigenvalue weighted by Gasteiger charge is -2.32. The van der Waals surface area contributed by atoms with E-state index in [-0.39, 0.29) is 5.91 Å². The molecule has 1 aliphatic carbocycles. The molecule has 6 heteroatoms. The minimum absolute atomic E-state index is 0.158. The van der Waals surface area contributed by atoms with Gasteiger partial charge in [-0.2, -0.15) is 10.1 Å². The van der Waals surface area contributed by atoms with Crippen LogP contribution in [0.2, 0.25) is 0 Å². The predicted octanol–water partition coefficient (Wildman–Crippen LogP) is 8.16. The number of anilines is 1. The number of nitrogens with zero attached hydrogens (tertiary/aromatic N) is 2. The van der Waals surface area contributed by atoms with Gasteiger partial charge in [-0.1, -0.05) is 72.8 Å². The normalized spacial score (nSPS) is 17.3. The van der Waals surface area contributed by atoms with Gasteiger partial charge in [0, 0.05) is 0 Å². The molecule has 5 aromatic carbocycles. The van der Waals surface area contributed by atoms with Crippen LogP contribution in [0.4, 0.5) is 5.69 Å². The van der Waals surface area contributed by atoms with Gasteiger partial charge in [-0.05, 0) is 106 Å². The zero-order chi connectivity index (χ0) is 31.7. The molecule has 46 heavy (non-hydrogen) atoms. The SMILES string of the molecule is COc1ccc(C2=NN(c3ccccc3)C(=O)[C@@]23C(c2ccccc2)=CC(c2ccc(OC)cc2)=C3c2ccc(OC)cc2)cc1. The van der Waals surface area contributed by atoms with E-state index in [1.165, 1.54) is 0 Å². The van der Waals surface area contributed by atoms with Crippen LogP contribution in [0, 0.1) is 5.41 Å². The molecule has 6 nitrogen and oxygen atoms in total. The standard InChI is InChI=1S/C40H32N2O4/c1-44-32-20-14-27(15-21-32)35-26-36(28-10-6-4-7-11-28)40(37(35)29-16-22-33(45-2)23-17-29)38(30-18-24-34(46-3)25-19-30)41-42(39(40)43)31-12-8-5-9-13-31/h4-26H,1-3H3/t40-/m1/s1. The fraction of sp³-hybridized carbons (Fsp3) is 0.100. The van der Waals surface area contributed by atoms with Gasteiger partial charge in [0.2, 0.25) is 0 Å². The molecule has 0 fully saturated rings. The van der Waals surface area contributed by atoms with Crippen molar-refractivity contribution in [1.82, 2.24) is 0 Å². The Balaban J connectivity index is 1.59. The van der Waals surface area contributed by atoms with Crippen LogP contribution >= 0.6 is 0 Å². The molecule has 0 N–H and O–H groups in total. The number of amides is 1. The monoisotopic (exact) mass is 604 g/mol. The molecule has 226 valence electrons. The molecule has 0 radical (unpaired) electrons. The molecule has 0 aromatic heterocycles. The van der Waals surface area contributed by atoms with E-state index in [4.69, 9.17) is 19.3 Å². The van der Waals surface area contributed by atoms with E-state index in [1.54, 1.807) is 26.3 Å². The average Bonchev–Trinajstić information content (AvgIpc) is 3.64. The largest absolute Gasteiger partial charge is 0.497 e. The summed E-state index contributed by atoms with van der Waals surface area (Å²) in [4.78, 5) is 15.5. The number of hydrogen-bond donors (Lipinski definition) is 0. The Morgan fingerprint density at radius 2 is 1.02 bits per heavy atom. The number of hydrazone groups is 1. The molecule has 1 heterocycles. The molecular weight excluding hydrogens is 572 g/mol. The number of para-hydroxylation sites is 1. The second-order valence-electron chi connectivity index (χ2n) is 11.0. The van der Waals surface area contributed by atoms with Crippen LogP contribution in [0.5, 0.6) is 17.2 Å². The molecule has 1 aliphatic heterocycles. The Morgan fingerprint density at radius 3 is 1.54 bits per heavy atom. The highest BCUT2D eigenvalue weighted by Crippen LogP contribution is 2.60. The predicted molar refractivity (Wildman–Crippen MR) is 183 cm³/mol. The van der Waals surface area contributed by atoms with E-state index in [1.807, 2.05) is 121 Å². The van der Waals surface area contributed by atoms with Crippen LogP contribution in [0.25, 0.3) is 16.7 Å². The van der Waals surface area contributed by atoms with Crippen LogP contribution < -0.4 is 19.2 Å². The van der Waals surface area contributed by atoms with Crippen molar-refractivity contribution in [1.29, 1.82) is 0 Å². The molecule has 1 atom stereocenters. The maximum atomic E-state index is 15.5. The molecular formula is C40H32N2O4. The van der Waals surface area contributed by atoms with Crippen molar-refractivity contribution in [2.24, 2.45) is 10.5 Å². The second kappa shape index (κ2) is 11.9. The number of rotatable bonds is 8. The number of methoxy groups -OCH3 is 3. The fourth-order valence-corrected chi connectivity index (χ4v) is 6.42. The number of carbonyl (C=O) groups is 1. The topological polar surface area (TPSA) is 60.4 Å². The summed E-state index contributed by atoms with van der Waals surface area (Å²) in [5, 5.41) is 6.73. The number of allylic oxidation sites excluding steroid dienone is 2. The number of carbonyl (C=O) groups excluding carboxylic acids is 1. The maximum absolute atomic E-state index is 15.5. The van der Waals surface area contributed by atoms with E-state index in [2.05, 4.69) is 18.2 Å². The Kier molecular flexibility index (Phi) is 7.47. The first-order valence-corrected chi connectivity index (χ1v) is 15.0. The van der Waals surface area contributed by atoms with Crippen molar-refractivity contribution in [3.8, 4) is 17.2 Å². The quantitative estimate of drug-likeness (QED) is 0.179. The first kappa shape index (κ1) is 28.9.